The Bertz CT molecular complexity index is 411. The number of ether oxygens (including phenoxy) is 1. The summed E-state index contributed by atoms with van der Waals surface area (Å²) in [5, 5.41) is 8.93. The van der Waals surface area contributed by atoms with Gasteiger partial charge in [0, 0.05) is 5.69 Å². The predicted molar refractivity (Wildman–Crippen MR) is 65.3 cm³/mol. The number of nitrogens with two attached hydrogens (primary N) is 1. The van der Waals surface area contributed by atoms with Crippen LogP contribution in [0, 0.1) is 5.92 Å². The first-order chi connectivity index (χ1) is 8.16. The summed E-state index contributed by atoms with van der Waals surface area (Å²) < 4.78 is 5.62. The Morgan fingerprint density at radius 3 is 2.76 bits per heavy atom. The number of hydrogen-bond acceptors (Lipinski definition) is 3. The molecule has 17 heavy (non-hydrogen) atoms. The molecular formula is C13H17NO3. The molecule has 4 nitrogen and oxygen atoms in total. The van der Waals surface area contributed by atoms with Crippen molar-refractivity contribution in [1.82, 2.24) is 0 Å². The summed E-state index contributed by atoms with van der Waals surface area (Å²) in [6, 6.07) is 4.79. The summed E-state index contributed by atoms with van der Waals surface area (Å²) in [6.07, 6.45) is 4.97. The maximum atomic E-state index is 10.9. The number of aromatic carboxylic acids is 1. The first kappa shape index (κ1) is 11.8. The lowest BCUT2D eigenvalue weighted by Crippen LogP contribution is -2.09. The van der Waals surface area contributed by atoms with Crippen molar-refractivity contribution in [3.05, 3.63) is 23.8 Å². The van der Waals surface area contributed by atoms with Gasteiger partial charge in [-0.2, -0.15) is 0 Å². The lowest BCUT2D eigenvalue weighted by molar-refractivity contribution is 0.0697. The number of rotatable bonds is 4. The minimum absolute atomic E-state index is 0.105. The van der Waals surface area contributed by atoms with Crippen LogP contribution in [0.3, 0.4) is 0 Å². The molecule has 0 atom stereocenters. The second kappa shape index (κ2) is 5.08. The minimum Gasteiger partial charge on any atom is -0.493 e. The number of benzene rings is 1. The van der Waals surface area contributed by atoms with Crippen molar-refractivity contribution in [3.63, 3.8) is 0 Å². The number of anilines is 1. The zero-order chi connectivity index (χ0) is 12.3. The zero-order valence-corrected chi connectivity index (χ0v) is 9.69. The Labute approximate surface area is 100 Å². The van der Waals surface area contributed by atoms with Gasteiger partial charge in [0.25, 0.3) is 0 Å². The maximum Gasteiger partial charge on any atom is 0.337 e. The van der Waals surface area contributed by atoms with E-state index in [-0.39, 0.29) is 11.3 Å². The van der Waals surface area contributed by atoms with Crippen LogP contribution >= 0.6 is 0 Å². The van der Waals surface area contributed by atoms with Crippen molar-refractivity contribution >= 4 is 11.7 Å². The fraction of sp³-hybridized carbons (Fsp3) is 0.462. The highest BCUT2D eigenvalue weighted by molar-refractivity contribution is 5.94. The van der Waals surface area contributed by atoms with Gasteiger partial charge in [-0.25, -0.2) is 4.79 Å². The van der Waals surface area contributed by atoms with Crippen LogP contribution in [0.5, 0.6) is 5.75 Å². The van der Waals surface area contributed by atoms with Crippen molar-refractivity contribution < 1.29 is 14.6 Å². The van der Waals surface area contributed by atoms with Crippen LogP contribution in [0.2, 0.25) is 0 Å². The van der Waals surface area contributed by atoms with Gasteiger partial charge in [0.2, 0.25) is 0 Å². The number of hydrogen-bond donors (Lipinski definition) is 2. The van der Waals surface area contributed by atoms with E-state index in [0.29, 0.717) is 18.3 Å². The molecule has 0 unspecified atom stereocenters. The van der Waals surface area contributed by atoms with Gasteiger partial charge in [0.1, 0.15) is 5.75 Å². The molecule has 0 bridgehead atoms. The molecule has 1 saturated carbocycles. The minimum atomic E-state index is -1.02. The molecule has 3 N–H and O–H groups in total. The summed E-state index contributed by atoms with van der Waals surface area (Å²) >= 11 is 0. The van der Waals surface area contributed by atoms with Gasteiger partial charge < -0.3 is 15.6 Å². The van der Waals surface area contributed by atoms with Gasteiger partial charge in [0.15, 0.2) is 0 Å². The highest BCUT2D eigenvalue weighted by Gasteiger charge is 2.16. The Hall–Kier alpha value is -1.71. The average Bonchev–Trinajstić information content (AvgIpc) is 2.80. The lowest BCUT2D eigenvalue weighted by Gasteiger charge is -2.12. The van der Waals surface area contributed by atoms with Crippen LogP contribution in [-0.4, -0.2) is 17.7 Å². The predicted octanol–water partition coefficient (Wildman–Crippen LogP) is 2.54. The van der Waals surface area contributed by atoms with Gasteiger partial charge in [-0.15, -0.1) is 0 Å². The van der Waals surface area contributed by atoms with Crippen molar-refractivity contribution in [1.29, 1.82) is 0 Å². The topological polar surface area (TPSA) is 72.5 Å². The van der Waals surface area contributed by atoms with E-state index in [1.807, 2.05) is 0 Å². The van der Waals surface area contributed by atoms with Gasteiger partial charge in [-0.05, 0) is 37.0 Å². The van der Waals surface area contributed by atoms with Gasteiger partial charge >= 0.3 is 5.97 Å². The molecule has 1 aliphatic carbocycles. The Kier molecular flexibility index (Phi) is 3.52. The first-order valence-corrected chi connectivity index (χ1v) is 5.92. The van der Waals surface area contributed by atoms with E-state index in [0.717, 1.165) is 0 Å². The molecule has 1 aromatic rings. The van der Waals surface area contributed by atoms with Crippen molar-refractivity contribution in [3.8, 4) is 5.75 Å². The molecular weight excluding hydrogens is 218 g/mol. The molecule has 0 radical (unpaired) electrons. The van der Waals surface area contributed by atoms with E-state index < -0.39 is 5.97 Å². The van der Waals surface area contributed by atoms with E-state index in [2.05, 4.69) is 0 Å². The monoisotopic (exact) mass is 235 g/mol. The molecule has 0 spiro atoms. The van der Waals surface area contributed by atoms with E-state index in [1.54, 1.807) is 12.1 Å². The maximum absolute atomic E-state index is 10.9. The standard InChI is InChI=1S/C13H17NO3/c14-12-6-5-10(7-11(12)13(15)16)17-8-9-3-1-2-4-9/h5-7,9H,1-4,8,14H2,(H,15,16). The van der Waals surface area contributed by atoms with Crippen molar-refractivity contribution in [2.45, 2.75) is 25.7 Å². The Balaban J connectivity index is 2.00. The number of nitrogen functional groups attached to an aromatic ring is 1. The molecule has 0 heterocycles. The highest BCUT2D eigenvalue weighted by Crippen LogP contribution is 2.26. The van der Waals surface area contributed by atoms with E-state index in [1.165, 1.54) is 31.7 Å². The molecule has 0 saturated heterocycles. The molecule has 2 rings (SSSR count). The first-order valence-electron chi connectivity index (χ1n) is 5.92. The van der Waals surface area contributed by atoms with Crippen LogP contribution in [0.4, 0.5) is 5.69 Å². The van der Waals surface area contributed by atoms with Crippen molar-refractivity contribution in [2.24, 2.45) is 5.92 Å². The van der Waals surface area contributed by atoms with Crippen molar-refractivity contribution in [2.75, 3.05) is 12.3 Å². The second-order valence-corrected chi connectivity index (χ2v) is 4.52. The number of carbonyl (C=O) groups is 1. The fourth-order valence-corrected chi connectivity index (χ4v) is 2.20. The molecule has 92 valence electrons. The van der Waals surface area contributed by atoms with Gasteiger partial charge in [0.05, 0.1) is 12.2 Å². The third-order valence-electron chi connectivity index (χ3n) is 3.22. The average molecular weight is 235 g/mol. The number of carboxylic acid groups (broad SMARTS) is 1. The molecule has 4 heteroatoms. The lowest BCUT2D eigenvalue weighted by atomic mass is 10.1. The van der Waals surface area contributed by atoms with E-state index in [4.69, 9.17) is 15.6 Å². The normalized spacial score (nSPS) is 16.0. The zero-order valence-electron chi connectivity index (χ0n) is 9.69. The second-order valence-electron chi connectivity index (χ2n) is 4.52. The SMILES string of the molecule is Nc1ccc(OCC2CCCC2)cc1C(=O)O. The van der Waals surface area contributed by atoms with Gasteiger partial charge in [-0.1, -0.05) is 12.8 Å². The highest BCUT2D eigenvalue weighted by atomic mass is 16.5. The van der Waals surface area contributed by atoms with Crippen LogP contribution < -0.4 is 10.5 Å². The summed E-state index contributed by atoms with van der Waals surface area (Å²) in [7, 11) is 0. The van der Waals surface area contributed by atoms with Crippen LogP contribution in [0.25, 0.3) is 0 Å². The van der Waals surface area contributed by atoms with Gasteiger partial charge in [-0.3, -0.25) is 0 Å². The third-order valence-corrected chi connectivity index (χ3v) is 3.22. The Morgan fingerprint density at radius 2 is 2.12 bits per heavy atom. The third kappa shape index (κ3) is 2.90. The fourth-order valence-electron chi connectivity index (χ4n) is 2.20. The van der Waals surface area contributed by atoms with Crippen LogP contribution in [-0.2, 0) is 0 Å². The molecule has 1 aliphatic rings. The Morgan fingerprint density at radius 1 is 1.41 bits per heavy atom. The van der Waals surface area contributed by atoms with Crippen LogP contribution in [0.15, 0.2) is 18.2 Å². The quantitative estimate of drug-likeness (QED) is 0.786. The molecule has 1 fully saturated rings. The van der Waals surface area contributed by atoms with E-state index in [9.17, 15) is 4.79 Å². The molecule has 1 aromatic carbocycles. The summed E-state index contributed by atoms with van der Waals surface area (Å²) in [5.41, 5.74) is 5.95. The summed E-state index contributed by atoms with van der Waals surface area (Å²) in [5.74, 6) is 0.179. The van der Waals surface area contributed by atoms with E-state index >= 15 is 0 Å². The summed E-state index contributed by atoms with van der Waals surface area (Å²) in [4.78, 5) is 10.9. The molecule has 0 amide bonds. The smallest absolute Gasteiger partial charge is 0.337 e. The molecule has 0 aromatic heterocycles. The largest absolute Gasteiger partial charge is 0.493 e. The number of carboxylic acids is 1. The molecule has 0 aliphatic heterocycles. The van der Waals surface area contributed by atoms with Crippen LogP contribution in [0.1, 0.15) is 36.0 Å². The summed E-state index contributed by atoms with van der Waals surface area (Å²) in [6.45, 7) is 0.670.